The lowest BCUT2D eigenvalue weighted by molar-refractivity contribution is 0.146. The number of hydrogen-bond acceptors (Lipinski definition) is 5. The second-order valence-corrected chi connectivity index (χ2v) is 7.50. The van der Waals surface area contributed by atoms with E-state index in [9.17, 15) is 8.42 Å². The minimum absolute atomic E-state index is 0.0554. The quantitative estimate of drug-likeness (QED) is 0.711. The Morgan fingerprint density at radius 2 is 2.05 bits per heavy atom. The van der Waals surface area contributed by atoms with E-state index in [1.807, 2.05) is 18.2 Å². The molecular formula is C13H20BrNO4S. The zero-order valence-electron chi connectivity index (χ0n) is 11.8. The van der Waals surface area contributed by atoms with Gasteiger partial charge in [-0.1, -0.05) is 6.07 Å². The molecule has 0 aliphatic rings. The standard InChI is InChI=1S/C13H20BrNO4S/c1-15-12(9-20(3,16)17)10-4-5-13(11(14)8-10)19-7-6-18-2/h4-5,8,12,15H,6-7,9H2,1-3H3. The van der Waals surface area contributed by atoms with E-state index in [4.69, 9.17) is 9.47 Å². The predicted molar refractivity (Wildman–Crippen MR) is 83.0 cm³/mol. The summed E-state index contributed by atoms with van der Waals surface area (Å²) in [5, 5.41) is 3.01. The van der Waals surface area contributed by atoms with Crippen molar-refractivity contribution in [1.82, 2.24) is 5.32 Å². The zero-order chi connectivity index (χ0) is 15.2. The van der Waals surface area contributed by atoms with Gasteiger partial charge in [-0.3, -0.25) is 0 Å². The molecule has 7 heteroatoms. The average molecular weight is 366 g/mol. The third-order valence-electron chi connectivity index (χ3n) is 2.72. The van der Waals surface area contributed by atoms with Crippen LogP contribution in [0.25, 0.3) is 0 Å². The Morgan fingerprint density at radius 3 is 2.55 bits per heavy atom. The fraction of sp³-hybridized carbons (Fsp3) is 0.538. The van der Waals surface area contributed by atoms with Gasteiger partial charge in [-0.15, -0.1) is 0 Å². The zero-order valence-corrected chi connectivity index (χ0v) is 14.3. The van der Waals surface area contributed by atoms with Crippen LogP contribution >= 0.6 is 15.9 Å². The topological polar surface area (TPSA) is 64.6 Å². The van der Waals surface area contributed by atoms with E-state index in [-0.39, 0.29) is 11.8 Å². The highest BCUT2D eigenvalue weighted by Crippen LogP contribution is 2.28. The van der Waals surface area contributed by atoms with Crippen molar-refractivity contribution in [3.8, 4) is 5.75 Å². The summed E-state index contributed by atoms with van der Waals surface area (Å²) in [7, 11) is 0.308. The Kier molecular flexibility index (Phi) is 6.94. The number of rotatable bonds is 8. The molecule has 0 heterocycles. The van der Waals surface area contributed by atoms with Crippen LogP contribution in [0.4, 0.5) is 0 Å². The number of hydrogen-bond donors (Lipinski definition) is 1. The molecule has 5 nitrogen and oxygen atoms in total. The van der Waals surface area contributed by atoms with Gasteiger partial charge in [0, 0.05) is 19.4 Å². The van der Waals surface area contributed by atoms with Crippen LogP contribution in [0.5, 0.6) is 5.75 Å². The predicted octanol–water partition coefficient (Wildman–Crippen LogP) is 1.78. The monoisotopic (exact) mass is 365 g/mol. The van der Waals surface area contributed by atoms with E-state index in [1.165, 1.54) is 6.26 Å². The lowest BCUT2D eigenvalue weighted by atomic mass is 10.1. The molecule has 114 valence electrons. The van der Waals surface area contributed by atoms with Gasteiger partial charge in [0.05, 0.1) is 16.8 Å². The van der Waals surface area contributed by atoms with Crippen LogP contribution in [0.1, 0.15) is 11.6 Å². The highest BCUT2D eigenvalue weighted by atomic mass is 79.9. The summed E-state index contributed by atoms with van der Waals surface area (Å²) in [4.78, 5) is 0. The van der Waals surface area contributed by atoms with Gasteiger partial charge in [-0.25, -0.2) is 8.42 Å². The molecule has 0 aliphatic heterocycles. The van der Waals surface area contributed by atoms with E-state index >= 15 is 0 Å². The second-order valence-electron chi connectivity index (χ2n) is 4.46. The summed E-state index contributed by atoms with van der Waals surface area (Å²) in [6.07, 6.45) is 1.23. The van der Waals surface area contributed by atoms with E-state index in [1.54, 1.807) is 14.2 Å². The normalized spacial score (nSPS) is 13.2. The lowest BCUT2D eigenvalue weighted by Gasteiger charge is -2.17. The Labute approximate surface area is 128 Å². The van der Waals surface area contributed by atoms with Crippen molar-refractivity contribution in [2.24, 2.45) is 0 Å². The molecule has 0 aromatic heterocycles. The molecule has 0 bridgehead atoms. The number of nitrogens with one attached hydrogen (secondary N) is 1. The summed E-state index contributed by atoms with van der Waals surface area (Å²) in [6.45, 7) is 0.981. The van der Waals surface area contributed by atoms with Crippen LogP contribution < -0.4 is 10.1 Å². The molecule has 0 aliphatic carbocycles. The summed E-state index contributed by atoms with van der Waals surface area (Å²) in [5.41, 5.74) is 0.892. The van der Waals surface area contributed by atoms with Crippen LogP contribution in [-0.4, -0.2) is 47.8 Å². The van der Waals surface area contributed by atoms with E-state index in [0.717, 1.165) is 10.0 Å². The van der Waals surface area contributed by atoms with E-state index < -0.39 is 9.84 Å². The summed E-state index contributed by atoms with van der Waals surface area (Å²) in [6, 6.07) is 5.31. The number of benzene rings is 1. The molecule has 0 spiro atoms. The smallest absolute Gasteiger partial charge is 0.149 e. The Bertz CT molecular complexity index is 533. The van der Waals surface area contributed by atoms with Crippen LogP contribution in [0.2, 0.25) is 0 Å². The van der Waals surface area contributed by atoms with Crippen molar-refractivity contribution >= 4 is 25.8 Å². The minimum Gasteiger partial charge on any atom is -0.490 e. The molecule has 1 aromatic carbocycles. The number of ether oxygens (including phenoxy) is 2. The van der Waals surface area contributed by atoms with Crippen LogP contribution in [-0.2, 0) is 14.6 Å². The summed E-state index contributed by atoms with van der Waals surface area (Å²) >= 11 is 3.43. The van der Waals surface area contributed by atoms with Crippen molar-refractivity contribution in [3.63, 3.8) is 0 Å². The Morgan fingerprint density at radius 1 is 1.35 bits per heavy atom. The van der Waals surface area contributed by atoms with Gasteiger partial charge in [0.25, 0.3) is 0 Å². The SMILES string of the molecule is CNC(CS(C)(=O)=O)c1ccc(OCCOC)c(Br)c1. The Balaban J connectivity index is 2.84. The number of sulfone groups is 1. The fourth-order valence-electron chi connectivity index (χ4n) is 1.73. The van der Waals surface area contributed by atoms with Gasteiger partial charge in [-0.05, 0) is 40.7 Å². The first-order valence-electron chi connectivity index (χ1n) is 6.13. The lowest BCUT2D eigenvalue weighted by Crippen LogP contribution is -2.24. The van der Waals surface area contributed by atoms with Crippen LogP contribution in [0.15, 0.2) is 22.7 Å². The number of halogens is 1. The van der Waals surface area contributed by atoms with Gasteiger partial charge >= 0.3 is 0 Å². The Hall–Kier alpha value is -0.630. The van der Waals surface area contributed by atoms with Gasteiger partial charge in [0.2, 0.25) is 0 Å². The summed E-state index contributed by atoms with van der Waals surface area (Å²) in [5.74, 6) is 0.764. The first-order chi connectivity index (χ1) is 9.37. The molecule has 0 amide bonds. The second kappa shape index (κ2) is 7.97. The van der Waals surface area contributed by atoms with Gasteiger partial charge in [0.15, 0.2) is 0 Å². The molecule has 1 aromatic rings. The van der Waals surface area contributed by atoms with Crippen LogP contribution in [0.3, 0.4) is 0 Å². The number of methoxy groups -OCH3 is 1. The van der Waals surface area contributed by atoms with Crippen molar-refractivity contribution in [2.45, 2.75) is 6.04 Å². The molecule has 1 N–H and O–H groups in total. The van der Waals surface area contributed by atoms with Gasteiger partial charge in [-0.2, -0.15) is 0 Å². The molecule has 0 saturated heterocycles. The van der Waals surface area contributed by atoms with Crippen LogP contribution in [0, 0.1) is 0 Å². The molecule has 1 unspecified atom stereocenters. The van der Waals surface area contributed by atoms with Crippen molar-refractivity contribution < 1.29 is 17.9 Å². The van der Waals surface area contributed by atoms with Gasteiger partial charge < -0.3 is 14.8 Å². The maximum atomic E-state index is 11.4. The fourth-order valence-corrected chi connectivity index (χ4v) is 3.21. The molecule has 0 fully saturated rings. The molecule has 1 rings (SSSR count). The highest BCUT2D eigenvalue weighted by molar-refractivity contribution is 9.10. The van der Waals surface area contributed by atoms with Crippen molar-refractivity contribution in [1.29, 1.82) is 0 Å². The first kappa shape index (κ1) is 17.4. The van der Waals surface area contributed by atoms with Crippen molar-refractivity contribution in [3.05, 3.63) is 28.2 Å². The average Bonchev–Trinajstić information content (AvgIpc) is 2.37. The van der Waals surface area contributed by atoms with Crippen molar-refractivity contribution in [2.75, 3.05) is 39.4 Å². The van der Waals surface area contributed by atoms with E-state index in [2.05, 4.69) is 21.2 Å². The molecule has 1 atom stereocenters. The highest BCUT2D eigenvalue weighted by Gasteiger charge is 2.16. The minimum atomic E-state index is -3.05. The maximum absolute atomic E-state index is 11.4. The molecule has 20 heavy (non-hydrogen) atoms. The molecule has 0 radical (unpaired) electrons. The first-order valence-corrected chi connectivity index (χ1v) is 8.99. The van der Waals surface area contributed by atoms with E-state index in [0.29, 0.717) is 19.0 Å². The molecular weight excluding hydrogens is 346 g/mol. The van der Waals surface area contributed by atoms with Gasteiger partial charge in [0.1, 0.15) is 22.2 Å². The molecule has 0 saturated carbocycles. The maximum Gasteiger partial charge on any atom is 0.149 e. The third-order valence-corrected chi connectivity index (χ3v) is 4.28. The third kappa shape index (κ3) is 5.78. The summed E-state index contributed by atoms with van der Waals surface area (Å²) < 4.78 is 34.1. The largest absolute Gasteiger partial charge is 0.490 e.